The van der Waals surface area contributed by atoms with E-state index in [-0.39, 0.29) is 0 Å². The SMILES string of the molecule is Nc1nnc(CN2CCCOCC2)s1. The molecule has 2 N–H and O–H groups in total. The van der Waals surface area contributed by atoms with Crippen molar-refractivity contribution in [2.75, 3.05) is 32.0 Å². The average Bonchev–Trinajstić information content (AvgIpc) is 2.43. The van der Waals surface area contributed by atoms with Gasteiger partial charge in [0.25, 0.3) is 0 Å². The average molecular weight is 214 g/mol. The maximum atomic E-state index is 5.52. The summed E-state index contributed by atoms with van der Waals surface area (Å²) in [6.07, 6.45) is 1.09. The van der Waals surface area contributed by atoms with Crippen molar-refractivity contribution in [3.05, 3.63) is 5.01 Å². The zero-order chi connectivity index (χ0) is 9.80. The number of nitrogens with two attached hydrogens (primary N) is 1. The van der Waals surface area contributed by atoms with Gasteiger partial charge in [0.1, 0.15) is 5.01 Å². The molecule has 78 valence electrons. The quantitative estimate of drug-likeness (QED) is 0.769. The smallest absolute Gasteiger partial charge is 0.203 e. The molecule has 14 heavy (non-hydrogen) atoms. The van der Waals surface area contributed by atoms with Gasteiger partial charge in [-0.3, -0.25) is 4.90 Å². The minimum absolute atomic E-state index is 0.547. The Morgan fingerprint density at radius 3 is 3.07 bits per heavy atom. The van der Waals surface area contributed by atoms with E-state index in [0.29, 0.717) is 5.13 Å². The first-order valence-electron chi connectivity index (χ1n) is 4.72. The van der Waals surface area contributed by atoms with E-state index < -0.39 is 0 Å². The summed E-state index contributed by atoms with van der Waals surface area (Å²) in [5.74, 6) is 0. The predicted octanol–water partition coefficient (Wildman–Crippen LogP) is 0.343. The fourth-order valence-corrected chi connectivity index (χ4v) is 2.13. The zero-order valence-corrected chi connectivity index (χ0v) is 8.79. The first-order chi connectivity index (χ1) is 6.84. The molecular weight excluding hydrogens is 200 g/mol. The molecule has 0 saturated carbocycles. The molecular formula is C8H14N4OS. The first kappa shape index (κ1) is 9.82. The van der Waals surface area contributed by atoms with Crippen LogP contribution >= 0.6 is 11.3 Å². The maximum absolute atomic E-state index is 5.52. The second-order valence-electron chi connectivity index (χ2n) is 3.28. The highest BCUT2D eigenvalue weighted by Gasteiger charge is 2.11. The van der Waals surface area contributed by atoms with Crippen LogP contribution in [0, 0.1) is 0 Å². The lowest BCUT2D eigenvalue weighted by Crippen LogP contribution is -2.25. The molecule has 0 spiro atoms. The van der Waals surface area contributed by atoms with Crippen LogP contribution in [0.1, 0.15) is 11.4 Å². The van der Waals surface area contributed by atoms with Crippen LogP contribution in [0.4, 0.5) is 5.13 Å². The molecule has 1 aliphatic rings. The lowest BCUT2D eigenvalue weighted by molar-refractivity contribution is 0.140. The van der Waals surface area contributed by atoms with E-state index in [1.165, 1.54) is 11.3 Å². The summed E-state index contributed by atoms with van der Waals surface area (Å²) < 4.78 is 5.37. The molecule has 0 unspecified atom stereocenters. The standard InChI is InChI=1S/C8H14N4OS/c9-8-11-10-7(14-8)6-12-2-1-4-13-5-3-12/h1-6H2,(H2,9,11). The Morgan fingerprint density at radius 2 is 2.29 bits per heavy atom. The Kier molecular flexibility index (Phi) is 3.28. The fourth-order valence-electron chi connectivity index (χ4n) is 1.48. The van der Waals surface area contributed by atoms with E-state index in [1.54, 1.807) is 0 Å². The summed E-state index contributed by atoms with van der Waals surface area (Å²) in [4.78, 5) is 2.33. The van der Waals surface area contributed by atoms with E-state index in [4.69, 9.17) is 10.5 Å². The van der Waals surface area contributed by atoms with Gasteiger partial charge in [-0.25, -0.2) is 0 Å². The molecule has 0 bridgehead atoms. The summed E-state index contributed by atoms with van der Waals surface area (Å²) in [7, 11) is 0. The van der Waals surface area contributed by atoms with Crippen LogP contribution in [0.15, 0.2) is 0 Å². The molecule has 2 heterocycles. The summed E-state index contributed by atoms with van der Waals surface area (Å²) >= 11 is 1.46. The van der Waals surface area contributed by atoms with E-state index in [9.17, 15) is 0 Å². The van der Waals surface area contributed by atoms with E-state index >= 15 is 0 Å². The Labute approximate surface area is 86.9 Å². The van der Waals surface area contributed by atoms with Crippen molar-refractivity contribution < 1.29 is 4.74 Å². The predicted molar refractivity (Wildman–Crippen MR) is 55.0 cm³/mol. The highest BCUT2D eigenvalue weighted by Crippen LogP contribution is 2.14. The normalized spacial score (nSPS) is 19.4. The summed E-state index contributed by atoms with van der Waals surface area (Å²) in [5, 5.41) is 9.33. The van der Waals surface area contributed by atoms with Crippen molar-refractivity contribution in [1.82, 2.24) is 15.1 Å². The lowest BCUT2D eigenvalue weighted by atomic mass is 10.4. The number of rotatable bonds is 2. The third kappa shape index (κ3) is 2.63. The number of ether oxygens (including phenoxy) is 1. The molecule has 1 fully saturated rings. The highest BCUT2D eigenvalue weighted by atomic mass is 32.1. The van der Waals surface area contributed by atoms with Crippen molar-refractivity contribution in [3.63, 3.8) is 0 Å². The molecule has 5 nitrogen and oxygen atoms in total. The number of hydrogen-bond donors (Lipinski definition) is 1. The third-order valence-electron chi connectivity index (χ3n) is 2.16. The van der Waals surface area contributed by atoms with Crippen molar-refractivity contribution >= 4 is 16.5 Å². The van der Waals surface area contributed by atoms with Gasteiger partial charge in [-0.05, 0) is 6.42 Å². The number of hydrogen-bond acceptors (Lipinski definition) is 6. The largest absolute Gasteiger partial charge is 0.380 e. The molecule has 1 aliphatic heterocycles. The van der Waals surface area contributed by atoms with Gasteiger partial charge in [-0.15, -0.1) is 10.2 Å². The third-order valence-corrected chi connectivity index (χ3v) is 2.89. The Morgan fingerprint density at radius 1 is 1.36 bits per heavy atom. The van der Waals surface area contributed by atoms with Crippen LogP contribution in [0.5, 0.6) is 0 Å². The Bertz CT molecular complexity index is 283. The minimum atomic E-state index is 0.547. The van der Waals surface area contributed by atoms with Gasteiger partial charge in [0.05, 0.1) is 13.2 Å². The van der Waals surface area contributed by atoms with Crippen molar-refractivity contribution in [2.45, 2.75) is 13.0 Å². The Balaban J connectivity index is 1.89. The molecule has 0 aliphatic carbocycles. The van der Waals surface area contributed by atoms with Gasteiger partial charge < -0.3 is 10.5 Å². The number of aromatic nitrogens is 2. The maximum Gasteiger partial charge on any atom is 0.203 e. The van der Waals surface area contributed by atoms with Crippen LogP contribution in [0.25, 0.3) is 0 Å². The summed E-state index contributed by atoms with van der Waals surface area (Å²) in [5.41, 5.74) is 5.52. The fraction of sp³-hybridized carbons (Fsp3) is 0.750. The van der Waals surface area contributed by atoms with Crippen molar-refractivity contribution in [1.29, 1.82) is 0 Å². The Hall–Kier alpha value is -0.720. The van der Waals surface area contributed by atoms with E-state index in [0.717, 1.165) is 44.3 Å². The van der Waals surface area contributed by atoms with Crippen LogP contribution < -0.4 is 5.73 Å². The van der Waals surface area contributed by atoms with E-state index in [2.05, 4.69) is 15.1 Å². The van der Waals surface area contributed by atoms with Gasteiger partial charge >= 0.3 is 0 Å². The van der Waals surface area contributed by atoms with Gasteiger partial charge in [-0.1, -0.05) is 11.3 Å². The molecule has 1 aromatic rings. The second kappa shape index (κ2) is 4.68. The summed E-state index contributed by atoms with van der Waals surface area (Å²) in [6, 6.07) is 0. The molecule has 0 atom stereocenters. The molecule has 6 heteroatoms. The van der Waals surface area contributed by atoms with Crippen molar-refractivity contribution in [2.24, 2.45) is 0 Å². The molecule has 1 saturated heterocycles. The number of anilines is 1. The molecule has 1 aromatic heterocycles. The topological polar surface area (TPSA) is 64.3 Å². The van der Waals surface area contributed by atoms with E-state index in [1.807, 2.05) is 0 Å². The molecule has 2 rings (SSSR count). The monoisotopic (exact) mass is 214 g/mol. The number of nitrogen functional groups attached to an aromatic ring is 1. The highest BCUT2D eigenvalue weighted by molar-refractivity contribution is 7.15. The van der Waals surface area contributed by atoms with Crippen LogP contribution in [0.2, 0.25) is 0 Å². The molecule has 0 aromatic carbocycles. The van der Waals surface area contributed by atoms with Gasteiger partial charge in [0, 0.05) is 19.7 Å². The molecule has 0 amide bonds. The molecule has 0 radical (unpaired) electrons. The van der Waals surface area contributed by atoms with Crippen LogP contribution in [-0.2, 0) is 11.3 Å². The van der Waals surface area contributed by atoms with Crippen molar-refractivity contribution in [3.8, 4) is 0 Å². The zero-order valence-electron chi connectivity index (χ0n) is 7.98. The van der Waals surface area contributed by atoms with Gasteiger partial charge in [-0.2, -0.15) is 0 Å². The second-order valence-corrected chi connectivity index (χ2v) is 4.37. The first-order valence-corrected chi connectivity index (χ1v) is 5.54. The minimum Gasteiger partial charge on any atom is -0.380 e. The summed E-state index contributed by atoms with van der Waals surface area (Å²) in [6.45, 7) is 4.57. The lowest BCUT2D eigenvalue weighted by Gasteiger charge is -2.16. The van der Waals surface area contributed by atoms with Crippen LogP contribution in [0.3, 0.4) is 0 Å². The number of nitrogens with zero attached hydrogens (tertiary/aromatic N) is 3. The van der Waals surface area contributed by atoms with Gasteiger partial charge in [0.15, 0.2) is 0 Å². The van der Waals surface area contributed by atoms with Gasteiger partial charge in [0.2, 0.25) is 5.13 Å². The van der Waals surface area contributed by atoms with Crippen LogP contribution in [-0.4, -0.2) is 41.4 Å².